The van der Waals surface area contributed by atoms with Crippen molar-refractivity contribution < 1.29 is 14.3 Å². The highest BCUT2D eigenvalue weighted by molar-refractivity contribution is 14.1. The molecule has 3 rings (SSSR count). The second kappa shape index (κ2) is 6.57. The molecular weight excluding hydrogens is 407 g/mol. The molecule has 6 heteroatoms. The number of para-hydroxylation sites is 2. The lowest BCUT2D eigenvalue weighted by Gasteiger charge is -2.33. The molecule has 1 heterocycles. The first kappa shape index (κ1) is 15.8. The zero-order chi connectivity index (χ0) is 16.4. The molecule has 5 nitrogen and oxygen atoms in total. The van der Waals surface area contributed by atoms with Crippen molar-refractivity contribution in [3.8, 4) is 5.75 Å². The molecule has 0 aromatic heterocycles. The molecular formula is C17H15IN2O3. The minimum absolute atomic E-state index is 0.118. The molecule has 0 saturated carbocycles. The third-order valence-electron chi connectivity index (χ3n) is 3.56. The van der Waals surface area contributed by atoms with Gasteiger partial charge >= 0.3 is 0 Å². The number of benzene rings is 2. The van der Waals surface area contributed by atoms with Gasteiger partial charge in [0.1, 0.15) is 5.75 Å². The predicted molar refractivity (Wildman–Crippen MR) is 96.7 cm³/mol. The van der Waals surface area contributed by atoms with Crippen LogP contribution in [0.1, 0.15) is 6.92 Å². The molecule has 2 aromatic rings. The third kappa shape index (κ3) is 3.47. The second-order valence-electron chi connectivity index (χ2n) is 5.20. The number of rotatable bonds is 2. The Morgan fingerprint density at radius 1 is 1.17 bits per heavy atom. The Balaban J connectivity index is 1.79. The molecule has 2 aromatic carbocycles. The van der Waals surface area contributed by atoms with Crippen molar-refractivity contribution in [1.29, 1.82) is 0 Å². The van der Waals surface area contributed by atoms with E-state index >= 15 is 0 Å². The summed E-state index contributed by atoms with van der Waals surface area (Å²) in [5.41, 5.74) is 1.39. The van der Waals surface area contributed by atoms with Gasteiger partial charge in [0.25, 0.3) is 5.91 Å². The normalized spacial score (nSPS) is 16.3. The number of nitrogens with zero attached hydrogens (tertiary/aromatic N) is 1. The lowest BCUT2D eigenvalue weighted by Crippen LogP contribution is -2.48. The zero-order valence-corrected chi connectivity index (χ0v) is 14.6. The van der Waals surface area contributed by atoms with Gasteiger partial charge in [-0.15, -0.1) is 0 Å². The molecule has 1 aliphatic heterocycles. The van der Waals surface area contributed by atoms with Gasteiger partial charge in [0, 0.05) is 16.2 Å². The summed E-state index contributed by atoms with van der Waals surface area (Å²) in [6.45, 7) is 1.68. The van der Waals surface area contributed by atoms with E-state index in [1.165, 1.54) is 6.92 Å². The Morgan fingerprint density at radius 2 is 1.87 bits per heavy atom. The maximum Gasteiger partial charge on any atom is 0.267 e. The van der Waals surface area contributed by atoms with Gasteiger partial charge in [-0.3, -0.25) is 9.59 Å². The molecule has 0 bridgehead atoms. The standard InChI is InChI=1S/C17H15IN2O3/c1-11(21)20-10-16(23-15-5-3-2-4-14(15)20)17(22)19-13-8-6-12(18)7-9-13/h2-9,16H,10H2,1H3,(H,19,22). The second-order valence-corrected chi connectivity index (χ2v) is 6.45. The van der Waals surface area contributed by atoms with Crippen LogP contribution < -0.4 is 15.0 Å². The summed E-state index contributed by atoms with van der Waals surface area (Å²) in [4.78, 5) is 25.9. The number of fused-ring (bicyclic) bond motifs is 1. The molecule has 1 unspecified atom stereocenters. The monoisotopic (exact) mass is 422 g/mol. The van der Waals surface area contributed by atoms with Crippen molar-refractivity contribution in [3.63, 3.8) is 0 Å². The van der Waals surface area contributed by atoms with Crippen LogP contribution in [0.4, 0.5) is 11.4 Å². The summed E-state index contributed by atoms with van der Waals surface area (Å²) in [5.74, 6) is 0.150. The lowest BCUT2D eigenvalue weighted by molar-refractivity contribution is -0.123. The first-order valence-electron chi connectivity index (χ1n) is 7.15. The average Bonchev–Trinajstić information content (AvgIpc) is 2.55. The minimum atomic E-state index is -0.743. The smallest absolute Gasteiger partial charge is 0.267 e. The quantitative estimate of drug-likeness (QED) is 0.758. The van der Waals surface area contributed by atoms with Crippen molar-refractivity contribution in [2.24, 2.45) is 0 Å². The molecule has 0 aliphatic carbocycles. The van der Waals surface area contributed by atoms with Gasteiger partial charge < -0.3 is 15.0 Å². The first-order chi connectivity index (χ1) is 11.0. The highest BCUT2D eigenvalue weighted by Crippen LogP contribution is 2.33. The van der Waals surface area contributed by atoms with Crippen LogP contribution in [0.5, 0.6) is 5.75 Å². The van der Waals surface area contributed by atoms with Gasteiger partial charge in [-0.25, -0.2) is 0 Å². The third-order valence-corrected chi connectivity index (χ3v) is 4.28. The number of amides is 2. The highest BCUT2D eigenvalue weighted by Gasteiger charge is 2.32. The maximum absolute atomic E-state index is 12.5. The van der Waals surface area contributed by atoms with Gasteiger partial charge in [0.2, 0.25) is 5.91 Å². The van der Waals surface area contributed by atoms with Crippen LogP contribution in [0.2, 0.25) is 0 Å². The number of nitrogens with one attached hydrogen (secondary N) is 1. The van der Waals surface area contributed by atoms with E-state index in [4.69, 9.17) is 4.74 Å². The van der Waals surface area contributed by atoms with E-state index in [0.29, 0.717) is 17.1 Å². The van der Waals surface area contributed by atoms with E-state index in [1.807, 2.05) is 42.5 Å². The van der Waals surface area contributed by atoms with Crippen molar-refractivity contribution in [3.05, 3.63) is 52.1 Å². The van der Waals surface area contributed by atoms with Gasteiger partial charge in [-0.2, -0.15) is 0 Å². The zero-order valence-electron chi connectivity index (χ0n) is 12.5. The van der Waals surface area contributed by atoms with Gasteiger partial charge in [-0.1, -0.05) is 12.1 Å². The molecule has 1 aliphatic rings. The van der Waals surface area contributed by atoms with E-state index in [0.717, 1.165) is 3.57 Å². The molecule has 1 atom stereocenters. The molecule has 0 spiro atoms. The Morgan fingerprint density at radius 3 is 2.57 bits per heavy atom. The van der Waals surface area contributed by atoms with E-state index in [2.05, 4.69) is 27.9 Å². The molecule has 0 saturated heterocycles. The molecule has 118 valence electrons. The number of carbonyl (C=O) groups excluding carboxylic acids is 2. The SMILES string of the molecule is CC(=O)N1CC(C(=O)Nc2ccc(I)cc2)Oc2ccccc21. The van der Waals surface area contributed by atoms with E-state index in [1.54, 1.807) is 11.0 Å². The molecule has 0 fully saturated rings. The number of anilines is 2. The number of halogens is 1. The molecule has 2 amide bonds. The number of hydrogen-bond acceptors (Lipinski definition) is 3. The van der Waals surface area contributed by atoms with E-state index in [-0.39, 0.29) is 18.4 Å². The average molecular weight is 422 g/mol. The summed E-state index contributed by atoms with van der Waals surface area (Å²) >= 11 is 2.20. The number of hydrogen-bond donors (Lipinski definition) is 1. The Hall–Kier alpha value is -2.09. The van der Waals surface area contributed by atoms with Crippen LogP contribution in [0, 0.1) is 3.57 Å². The Kier molecular flexibility index (Phi) is 4.51. The fourth-order valence-corrected chi connectivity index (χ4v) is 2.78. The van der Waals surface area contributed by atoms with E-state index < -0.39 is 6.10 Å². The molecule has 1 N–H and O–H groups in total. The first-order valence-corrected chi connectivity index (χ1v) is 8.22. The molecule has 23 heavy (non-hydrogen) atoms. The largest absolute Gasteiger partial charge is 0.476 e. The van der Waals surface area contributed by atoms with Crippen LogP contribution in [-0.4, -0.2) is 24.5 Å². The summed E-state index contributed by atoms with van der Waals surface area (Å²) in [6.07, 6.45) is -0.743. The van der Waals surface area contributed by atoms with Crippen LogP contribution in [0.15, 0.2) is 48.5 Å². The fraction of sp³-hybridized carbons (Fsp3) is 0.176. The van der Waals surface area contributed by atoms with Gasteiger partial charge in [-0.05, 0) is 59.0 Å². The predicted octanol–water partition coefficient (Wildman–Crippen LogP) is 3.04. The highest BCUT2D eigenvalue weighted by atomic mass is 127. The lowest BCUT2D eigenvalue weighted by atomic mass is 10.1. The Bertz CT molecular complexity index is 746. The minimum Gasteiger partial charge on any atom is -0.476 e. The summed E-state index contributed by atoms with van der Waals surface area (Å²) < 4.78 is 6.85. The maximum atomic E-state index is 12.5. The summed E-state index contributed by atoms with van der Waals surface area (Å²) in [6, 6.07) is 14.7. The van der Waals surface area contributed by atoms with Gasteiger partial charge in [0.15, 0.2) is 6.10 Å². The van der Waals surface area contributed by atoms with E-state index in [9.17, 15) is 9.59 Å². The molecule has 0 radical (unpaired) electrons. The Labute approximate surface area is 147 Å². The van der Waals surface area contributed by atoms with Crippen LogP contribution in [0.3, 0.4) is 0 Å². The van der Waals surface area contributed by atoms with Crippen molar-refractivity contribution in [2.75, 3.05) is 16.8 Å². The van der Waals surface area contributed by atoms with Crippen molar-refractivity contribution >= 4 is 45.8 Å². The summed E-state index contributed by atoms with van der Waals surface area (Å²) in [5, 5.41) is 2.82. The van der Waals surface area contributed by atoms with Crippen molar-refractivity contribution in [1.82, 2.24) is 0 Å². The topological polar surface area (TPSA) is 58.6 Å². The van der Waals surface area contributed by atoms with Crippen molar-refractivity contribution in [2.45, 2.75) is 13.0 Å². The fourth-order valence-electron chi connectivity index (χ4n) is 2.43. The van der Waals surface area contributed by atoms with Gasteiger partial charge in [0.05, 0.1) is 12.2 Å². The van der Waals surface area contributed by atoms with Crippen LogP contribution in [0.25, 0.3) is 0 Å². The number of carbonyl (C=O) groups is 2. The number of ether oxygens (including phenoxy) is 1. The summed E-state index contributed by atoms with van der Waals surface area (Å²) in [7, 11) is 0. The van der Waals surface area contributed by atoms with Crippen LogP contribution in [-0.2, 0) is 9.59 Å². The van der Waals surface area contributed by atoms with Crippen LogP contribution >= 0.6 is 22.6 Å².